The number of carbonyl (C=O) groups is 1. The van der Waals surface area contributed by atoms with Crippen molar-refractivity contribution in [3.05, 3.63) is 64.8 Å². The lowest BCUT2D eigenvalue weighted by Gasteiger charge is -2.11. The lowest BCUT2D eigenvalue weighted by molar-refractivity contribution is -0.119. The van der Waals surface area contributed by atoms with Gasteiger partial charge in [0.05, 0.1) is 16.8 Å². The van der Waals surface area contributed by atoms with Crippen molar-refractivity contribution in [3.63, 3.8) is 0 Å². The molecule has 0 radical (unpaired) electrons. The van der Waals surface area contributed by atoms with E-state index in [9.17, 15) is 14.0 Å². The van der Waals surface area contributed by atoms with E-state index in [0.29, 0.717) is 33.5 Å². The number of H-pyrrole nitrogens is 1. The number of hydrogen-bond acceptors (Lipinski definition) is 3. The molecule has 2 heterocycles. The van der Waals surface area contributed by atoms with Gasteiger partial charge in [-0.05, 0) is 36.8 Å². The molecule has 2 aliphatic heterocycles. The number of rotatable bonds is 5. The van der Waals surface area contributed by atoms with Gasteiger partial charge in [0.1, 0.15) is 11.5 Å². The van der Waals surface area contributed by atoms with E-state index >= 15 is 0 Å². The van der Waals surface area contributed by atoms with E-state index in [4.69, 9.17) is 0 Å². The molecule has 2 aromatic rings. The Hall–Kier alpha value is -3.48. The number of nitrogens with zero attached hydrogens (tertiary/aromatic N) is 2. The zero-order valence-electron chi connectivity index (χ0n) is 16.2. The summed E-state index contributed by atoms with van der Waals surface area (Å²) in [5, 5.41) is 7.86. The Bertz CT molecular complexity index is 1210. The highest BCUT2D eigenvalue weighted by molar-refractivity contribution is 5.94. The summed E-state index contributed by atoms with van der Waals surface area (Å²) in [5.41, 5.74) is 2.06. The predicted molar refractivity (Wildman–Crippen MR) is 111 cm³/mol. The first-order valence-electron chi connectivity index (χ1n) is 9.59. The monoisotopic (exact) mass is 392 g/mol. The van der Waals surface area contributed by atoms with Gasteiger partial charge in [-0.25, -0.2) is 4.39 Å². The number of pyridine rings is 1. The number of anilines is 1. The van der Waals surface area contributed by atoms with Gasteiger partial charge in [-0.3, -0.25) is 9.59 Å². The number of hydrogen-bond donors (Lipinski definition) is 2. The Balaban J connectivity index is 1.68. The summed E-state index contributed by atoms with van der Waals surface area (Å²) in [4.78, 5) is 27.8. The summed E-state index contributed by atoms with van der Waals surface area (Å²) in [6.45, 7) is 3.94. The molecule has 0 fully saturated rings. The third-order valence-corrected chi connectivity index (χ3v) is 5.06. The van der Waals surface area contributed by atoms with Gasteiger partial charge in [-0.2, -0.15) is 9.78 Å². The molecule has 7 heteroatoms. The van der Waals surface area contributed by atoms with Crippen molar-refractivity contribution in [1.29, 1.82) is 0 Å². The van der Waals surface area contributed by atoms with Crippen LogP contribution in [0.5, 0.6) is 0 Å². The second-order valence-electron chi connectivity index (χ2n) is 7.16. The predicted octanol–water partition coefficient (Wildman–Crippen LogP) is 4.33. The summed E-state index contributed by atoms with van der Waals surface area (Å²) in [6.07, 6.45) is 3.26. The third kappa shape index (κ3) is 3.40. The molecule has 0 bridgehead atoms. The minimum Gasteiger partial charge on any atom is -0.358 e. The normalized spacial score (nSPS) is 12.4. The van der Waals surface area contributed by atoms with Gasteiger partial charge in [0.25, 0.3) is 5.56 Å². The molecule has 4 rings (SSSR count). The smallest absolute Gasteiger partial charge is 0.282 e. The maximum atomic E-state index is 14.0. The van der Waals surface area contributed by atoms with Crippen LogP contribution in [0.3, 0.4) is 0 Å². The zero-order valence-corrected chi connectivity index (χ0v) is 16.2. The molecule has 0 aliphatic carbocycles. The van der Waals surface area contributed by atoms with Gasteiger partial charge in [-0.15, -0.1) is 0 Å². The van der Waals surface area contributed by atoms with Gasteiger partial charge >= 0.3 is 0 Å². The van der Waals surface area contributed by atoms with Crippen LogP contribution in [0.4, 0.5) is 10.1 Å². The van der Waals surface area contributed by atoms with Gasteiger partial charge in [0, 0.05) is 23.2 Å². The molecule has 0 aromatic heterocycles. The summed E-state index contributed by atoms with van der Waals surface area (Å²) >= 11 is 0. The highest BCUT2D eigenvalue weighted by Gasteiger charge is 2.20. The van der Waals surface area contributed by atoms with E-state index < -0.39 is 5.82 Å². The second-order valence-corrected chi connectivity index (χ2v) is 7.16. The Morgan fingerprint density at radius 3 is 2.72 bits per heavy atom. The van der Waals surface area contributed by atoms with Crippen LogP contribution in [0, 0.1) is 11.7 Å². The zero-order chi connectivity index (χ0) is 20.5. The van der Waals surface area contributed by atoms with E-state index in [1.807, 2.05) is 13.8 Å². The number of halogens is 1. The van der Waals surface area contributed by atoms with Crippen LogP contribution in [0.15, 0.2) is 53.5 Å². The summed E-state index contributed by atoms with van der Waals surface area (Å²) in [5.74, 6) is -0.490. The summed E-state index contributed by atoms with van der Waals surface area (Å²) in [7, 11) is 0. The molecule has 6 nitrogen and oxygen atoms in total. The van der Waals surface area contributed by atoms with E-state index in [-0.39, 0.29) is 17.4 Å². The molecule has 0 saturated heterocycles. The molecule has 1 amide bonds. The fraction of sp³-hybridized carbons (Fsp3) is 0.227. The highest BCUT2D eigenvalue weighted by atomic mass is 19.1. The first-order valence-corrected chi connectivity index (χ1v) is 9.59. The topological polar surface area (TPSA) is 79.8 Å². The van der Waals surface area contributed by atoms with E-state index in [1.165, 1.54) is 16.9 Å². The van der Waals surface area contributed by atoms with E-state index in [1.54, 1.807) is 36.4 Å². The SMILES string of the molecule is CCCC(C)C(=O)Nc1ccc(-n2nc3c4cccc(F)c4[nH]cc-3c2=O)cc1. The minimum atomic E-state index is -0.399. The van der Waals surface area contributed by atoms with Crippen LogP contribution in [0.1, 0.15) is 26.7 Å². The van der Waals surface area contributed by atoms with Crippen LogP contribution < -0.4 is 10.9 Å². The van der Waals surface area contributed by atoms with Crippen molar-refractivity contribution < 1.29 is 9.18 Å². The third-order valence-electron chi connectivity index (χ3n) is 5.06. The molecular formula is C22H21FN4O2. The van der Waals surface area contributed by atoms with Crippen LogP contribution in [0.2, 0.25) is 0 Å². The van der Waals surface area contributed by atoms with E-state index in [0.717, 1.165) is 12.8 Å². The lowest BCUT2D eigenvalue weighted by atomic mass is 10.1. The average Bonchev–Trinajstić information content (AvgIpc) is 3.06. The molecule has 0 saturated carbocycles. The largest absolute Gasteiger partial charge is 0.358 e. The highest BCUT2D eigenvalue weighted by Crippen LogP contribution is 2.27. The standard InChI is InChI=1S/C22H21FN4O2/c1-3-5-13(2)21(28)25-14-8-10-15(11-9-14)27-22(29)17-12-24-20-16(19(17)26-27)6-4-7-18(20)23/h4,6-13,24H,3,5H2,1-2H3,(H,25,28). The van der Waals surface area contributed by atoms with Crippen LogP contribution in [-0.4, -0.2) is 20.7 Å². The van der Waals surface area contributed by atoms with Crippen LogP contribution in [-0.2, 0) is 4.79 Å². The number of benzene rings is 2. The molecular weight excluding hydrogens is 371 g/mol. The van der Waals surface area contributed by atoms with Crippen molar-refractivity contribution in [1.82, 2.24) is 14.8 Å². The van der Waals surface area contributed by atoms with Crippen molar-refractivity contribution in [2.24, 2.45) is 5.92 Å². The van der Waals surface area contributed by atoms with Gasteiger partial charge < -0.3 is 10.3 Å². The Morgan fingerprint density at radius 2 is 2.00 bits per heavy atom. The van der Waals surface area contributed by atoms with Crippen molar-refractivity contribution >= 4 is 22.5 Å². The second kappa shape index (κ2) is 7.50. The van der Waals surface area contributed by atoms with E-state index in [2.05, 4.69) is 15.4 Å². The van der Waals surface area contributed by atoms with Gasteiger partial charge in [0.2, 0.25) is 5.91 Å². The molecule has 29 heavy (non-hydrogen) atoms. The quantitative estimate of drug-likeness (QED) is 0.530. The molecule has 0 spiro atoms. The molecule has 1 atom stereocenters. The van der Waals surface area contributed by atoms with Crippen LogP contribution >= 0.6 is 0 Å². The fourth-order valence-corrected chi connectivity index (χ4v) is 3.45. The number of aromatic nitrogens is 3. The fourth-order valence-electron chi connectivity index (χ4n) is 3.45. The molecule has 2 aliphatic rings. The number of fused-ring (bicyclic) bond motifs is 3. The van der Waals surface area contributed by atoms with Gasteiger partial charge in [-0.1, -0.05) is 32.4 Å². The molecule has 148 valence electrons. The minimum absolute atomic E-state index is 0.0297. The van der Waals surface area contributed by atoms with Crippen LogP contribution in [0.25, 0.3) is 27.8 Å². The summed E-state index contributed by atoms with van der Waals surface area (Å²) in [6, 6.07) is 11.6. The molecule has 2 N–H and O–H groups in total. The maximum Gasteiger partial charge on any atom is 0.282 e. The maximum absolute atomic E-state index is 14.0. The Morgan fingerprint density at radius 1 is 1.24 bits per heavy atom. The number of nitrogens with one attached hydrogen (secondary N) is 2. The van der Waals surface area contributed by atoms with Crippen molar-refractivity contribution in [2.45, 2.75) is 26.7 Å². The Kier molecular flexibility index (Phi) is 4.88. The lowest BCUT2D eigenvalue weighted by Crippen LogP contribution is -2.20. The number of carbonyl (C=O) groups excluding carboxylic acids is 1. The average molecular weight is 392 g/mol. The number of aromatic amines is 1. The van der Waals surface area contributed by atoms with Gasteiger partial charge in [0.15, 0.2) is 0 Å². The number of para-hydroxylation sites is 1. The summed E-state index contributed by atoms with van der Waals surface area (Å²) < 4.78 is 15.3. The number of amides is 1. The molecule has 2 aromatic carbocycles. The van der Waals surface area contributed by atoms with Crippen molar-refractivity contribution in [2.75, 3.05) is 5.32 Å². The van der Waals surface area contributed by atoms with Crippen molar-refractivity contribution in [3.8, 4) is 16.9 Å². The molecule has 1 unspecified atom stereocenters. The first kappa shape index (κ1) is 18.9. The first-order chi connectivity index (χ1) is 14.0. The Labute approximate surface area is 166 Å².